The van der Waals surface area contributed by atoms with Crippen LogP contribution in [0.1, 0.15) is 17.5 Å². The number of benzene rings is 2. The van der Waals surface area contributed by atoms with Gasteiger partial charge < -0.3 is 19.4 Å². The Morgan fingerprint density at radius 3 is 2.68 bits per heavy atom. The van der Waals surface area contributed by atoms with Crippen LogP contribution in [0.25, 0.3) is 11.0 Å². The first-order valence-corrected chi connectivity index (χ1v) is 8.22. The highest BCUT2D eigenvalue weighted by Crippen LogP contribution is 2.28. The average Bonchev–Trinajstić information content (AvgIpc) is 3.10. The number of carbonyl (C=O) groups excluding carboxylic acids is 1. The van der Waals surface area contributed by atoms with Gasteiger partial charge in [-0.15, -0.1) is 0 Å². The van der Waals surface area contributed by atoms with Gasteiger partial charge in [-0.25, -0.2) is 0 Å². The van der Waals surface area contributed by atoms with Gasteiger partial charge in [-0.2, -0.15) is 0 Å². The Morgan fingerprint density at radius 1 is 1.20 bits per heavy atom. The minimum absolute atomic E-state index is 0.144. The smallest absolute Gasteiger partial charge is 0.287 e. The maximum absolute atomic E-state index is 12.4. The third-order valence-electron chi connectivity index (χ3n) is 4.33. The molecular formula is C20H22N2O3. The Balaban J connectivity index is 1.66. The number of nitrogens with one attached hydrogen (secondary N) is 1. The highest BCUT2D eigenvalue weighted by atomic mass is 16.5. The van der Waals surface area contributed by atoms with Crippen LogP contribution in [0.4, 0.5) is 5.69 Å². The first-order valence-electron chi connectivity index (χ1n) is 8.22. The second-order valence-electron chi connectivity index (χ2n) is 5.99. The number of fused-ring (bicyclic) bond motifs is 1. The van der Waals surface area contributed by atoms with E-state index in [1.165, 1.54) is 0 Å². The van der Waals surface area contributed by atoms with E-state index in [0.29, 0.717) is 17.9 Å². The predicted octanol–water partition coefficient (Wildman–Crippen LogP) is 3.70. The number of amides is 1. The molecule has 1 aromatic heterocycles. The molecule has 1 atom stereocenters. The predicted molar refractivity (Wildman–Crippen MR) is 99.4 cm³/mol. The van der Waals surface area contributed by atoms with Crippen LogP contribution >= 0.6 is 0 Å². The third kappa shape index (κ3) is 3.60. The van der Waals surface area contributed by atoms with Gasteiger partial charge in [-0.05, 0) is 31.2 Å². The molecule has 0 aliphatic carbocycles. The molecule has 0 aliphatic rings. The Hall–Kier alpha value is -2.95. The molecule has 25 heavy (non-hydrogen) atoms. The minimum Gasteiger partial charge on any atom is -0.493 e. The summed E-state index contributed by atoms with van der Waals surface area (Å²) in [7, 11) is 3.59. The number of furan rings is 1. The summed E-state index contributed by atoms with van der Waals surface area (Å²) in [4.78, 5) is 14.5. The molecule has 0 saturated carbocycles. The normalized spacial score (nSPS) is 12.0. The second kappa shape index (κ2) is 7.30. The molecule has 3 rings (SSSR count). The molecule has 5 nitrogen and oxygen atoms in total. The van der Waals surface area contributed by atoms with E-state index in [9.17, 15) is 4.79 Å². The topological polar surface area (TPSA) is 54.7 Å². The second-order valence-corrected chi connectivity index (χ2v) is 5.99. The molecule has 0 bridgehead atoms. The zero-order valence-corrected chi connectivity index (χ0v) is 14.7. The molecule has 1 amide bonds. The van der Waals surface area contributed by atoms with Crippen LogP contribution in [-0.4, -0.2) is 32.7 Å². The largest absolute Gasteiger partial charge is 0.493 e. The summed E-state index contributed by atoms with van der Waals surface area (Å²) in [5.74, 6) is 0.675. The van der Waals surface area contributed by atoms with Crippen molar-refractivity contribution in [3.8, 4) is 5.75 Å². The zero-order valence-electron chi connectivity index (χ0n) is 14.7. The molecule has 5 heteroatoms. The fourth-order valence-electron chi connectivity index (χ4n) is 2.69. The number of ether oxygens (including phenoxy) is 1. The molecule has 1 N–H and O–H groups in total. The first kappa shape index (κ1) is 16.9. The van der Waals surface area contributed by atoms with Crippen LogP contribution in [0.3, 0.4) is 0 Å². The van der Waals surface area contributed by atoms with Crippen LogP contribution in [0.5, 0.6) is 5.75 Å². The molecule has 0 saturated heterocycles. The lowest BCUT2D eigenvalue weighted by Crippen LogP contribution is -2.40. The van der Waals surface area contributed by atoms with E-state index in [1.54, 1.807) is 13.2 Å². The summed E-state index contributed by atoms with van der Waals surface area (Å²) in [5.41, 5.74) is 1.70. The van der Waals surface area contributed by atoms with Crippen LogP contribution in [0, 0.1) is 0 Å². The summed E-state index contributed by atoms with van der Waals surface area (Å²) < 4.78 is 10.9. The summed E-state index contributed by atoms with van der Waals surface area (Å²) in [6.07, 6.45) is 0. The lowest BCUT2D eigenvalue weighted by Gasteiger charge is -2.27. The molecule has 1 unspecified atom stereocenters. The molecule has 0 radical (unpaired) electrons. The molecule has 0 spiro atoms. The third-order valence-corrected chi connectivity index (χ3v) is 4.33. The number of carbonyl (C=O) groups is 1. The SMILES string of the molecule is COc1cccc2cc(C(=O)NCC(C)N(C)c3ccccc3)oc12. The van der Waals surface area contributed by atoms with E-state index in [0.717, 1.165) is 11.1 Å². The quantitative estimate of drug-likeness (QED) is 0.745. The van der Waals surface area contributed by atoms with Crippen molar-refractivity contribution in [2.45, 2.75) is 13.0 Å². The molecule has 130 valence electrons. The summed E-state index contributed by atoms with van der Waals surface area (Å²) in [6.45, 7) is 2.58. The van der Waals surface area contributed by atoms with Crippen LogP contribution in [-0.2, 0) is 0 Å². The van der Waals surface area contributed by atoms with E-state index >= 15 is 0 Å². The molecule has 1 heterocycles. The summed E-state index contributed by atoms with van der Waals surface area (Å²) in [5, 5.41) is 3.78. The number of anilines is 1. The average molecular weight is 338 g/mol. The number of likely N-dealkylation sites (N-methyl/N-ethyl adjacent to an activating group) is 1. The van der Waals surface area contributed by atoms with Gasteiger partial charge in [0.1, 0.15) is 0 Å². The van der Waals surface area contributed by atoms with Gasteiger partial charge in [0.15, 0.2) is 17.1 Å². The van der Waals surface area contributed by atoms with Gasteiger partial charge >= 0.3 is 0 Å². The van der Waals surface area contributed by atoms with Crippen molar-refractivity contribution in [3.05, 3.63) is 60.4 Å². The van der Waals surface area contributed by atoms with Crippen LogP contribution in [0.2, 0.25) is 0 Å². The van der Waals surface area contributed by atoms with Crippen molar-refractivity contribution in [2.75, 3.05) is 25.6 Å². The Bertz CT molecular complexity index is 858. The van der Waals surface area contributed by atoms with Crippen molar-refractivity contribution >= 4 is 22.6 Å². The highest BCUT2D eigenvalue weighted by Gasteiger charge is 2.16. The monoisotopic (exact) mass is 338 g/mol. The van der Waals surface area contributed by atoms with Gasteiger partial charge in [0.2, 0.25) is 0 Å². The molecule has 0 fully saturated rings. The Labute approximate surface area is 147 Å². The number of rotatable bonds is 6. The highest BCUT2D eigenvalue weighted by molar-refractivity contribution is 5.97. The van der Waals surface area contributed by atoms with E-state index in [2.05, 4.69) is 17.1 Å². The fourth-order valence-corrected chi connectivity index (χ4v) is 2.69. The number of hydrogen-bond donors (Lipinski definition) is 1. The van der Waals surface area contributed by atoms with Gasteiger partial charge in [-0.3, -0.25) is 4.79 Å². The number of hydrogen-bond acceptors (Lipinski definition) is 4. The van der Waals surface area contributed by atoms with Gasteiger partial charge in [0.05, 0.1) is 7.11 Å². The Kier molecular flexibility index (Phi) is 4.93. The van der Waals surface area contributed by atoms with Crippen LogP contribution in [0.15, 0.2) is 59.0 Å². The van der Waals surface area contributed by atoms with Crippen molar-refractivity contribution in [1.82, 2.24) is 5.32 Å². The van der Waals surface area contributed by atoms with Crippen molar-refractivity contribution in [2.24, 2.45) is 0 Å². The lowest BCUT2D eigenvalue weighted by molar-refractivity contribution is 0.0926. The molecule has 2 aromatic carbocycles. The summed E-state index contributed by atoms with van der Waals surface area (Å²) in [6, 6.07) is 17.5. The maximum Gasteiger partial charge on any atom is 0.287 e. The maximum atomic E-state index is 12.4. The minimum atomic E-state index is -0.230. The number of nitrogens with zero attached hydrogens (tertiary/aromatic N) is 1. The zero-order chi connectivity index (χ0) is 17.8. The molecule has 3 aromatic rings. The molecular weight excluding hydrogens is 316 g/mol. The van der Waals surface area contributed by atoms with Crippen molar-refractivity contribution < 1.29 is 13.9 Å². The van der Waals surface area contributed by atoms with E-state index in [4.69, 9.17) is 9.15 Å². The van der Waals surface area contributed by atoms with Crippen molar-refractivity contribution in [1.29, 1.82) is 0 Å². The van der Waals surface area contributed by atoms with E-state index in [1.807, 2.05) is 55.6 Å². The summed E-state index contributed by atoms with van der Waals surface area (Å²) >= 11 is 0. The standard InChI is InChI=1S/C20H22N2O3/c1-14(22(2)16-9-5-4-6-10-16)13-21-20(23)18-12-15-8-7-11-17(24-3)19(15)25-18/h4-12,14H,13H2,1-3H3,(H,21,23). The first-order chi connectivity index (χ1) is 12.1. The van der Waals surface area contributed by atoms with E-state index in [-0.39, 0.29) is 17.7 Å². The molecule has 0 aliphatic heterocycles. The fraction of sp³-hybridized carbons (Fsp3) is 0.250. The lowest BCUT2D eigenvalue weighted by atomic mass is 10.2. The van der Waals surface area contributed by atoms with Crippen LogP contribution < -0.4 is 15.0 Å². The number of para-hydroxylation sites is 2. The van der Waals surface area contributed by atoms with Crippen molar-refractivity contribution in [3.63, 3.8) is 0 Å². The van der Waals surface area contributed by atoms with Gasteiger partial charge in [-0.1, -0.05) is 30.3 Å². The number of methoxy groups -OCH3 is 1. The van der Waals surface area contributed by atoms with E-state index < -0.39 is 0 Å². The van der Waals surface area contributed by atoms with Gasteiger partial charge in [0, 0.05) is 30.7 Å². The Morgan fingerprint density at radius 2 is 1.96 bits per heavy atom. The van der Waals surface area contributed by atoms with Gasteiger partial charge in [0.25, 0.3) is 5.91 Å².